The summed E-state index contributed by atoms with van der Waals surface area (Å²) in [6.45, 7) is 14.2. The van der Waals surface area contributed by atoms with Gasteiger partial charge in [0.2, 0.25) is 0 Å². The van der Waals surface area contributed by atoms with Crippen molar-refractivity contribution in [1.82, 2.24) is 20.0 Å². The Balaban J connectivity index is 1.48. The zero-order valence-corrected chi connectivity index (χ0v) is 16.1. The van der Waals surface area contributed by atoms with Crippen molar-refractivity contribution in [2.45, 2.75) is 58.2 Å². The van der Waals surface area contributed by atoms with Gasteiger partial charge in [0.15, 0.2) is 5.96 Å². The largest absolute Gasteiger partial charge is 0.444 e. The molecule has 2 unspecified atom stereocenters. The van der Waals surface area contributed by atoms with Crippen molar-refractivity contribution in [3.05, 3.63) is 0 Å². The zero-order chi connectivity index (χ0) is 18.0. The summed E-state index contributed by atoms with van der Waals surface area (Å²) in [6, 6.07) is 0.893. The number of nitrogens with zero attached hydrogens (tertiary/aromatic N) is 4. The molecule has 25 heavy (non-hydrogen) atoms. The first-order valence-electron chi connectivity index (χ1n) is 9.64. The van der Waals surface area contributed by atoms with Crippen LogP contribution in [0.15, 0.2) is 4.99 Å². The summed E-state index contributed by atoms with van der Waals surface area (Å²) in [5.41, 5.74) is -0.445. The first kappa shape index (κ1) is 18.3. The lowest BCUT2D eigenvalue weighted by molar-refractivity contribution is 0.0137. The number of ether oxygens (including phenoxy) is 1. The molecule has 0 radical (unpaired) electrons. The number of amides is 1. The smallest absolute Gasteiger partial charge is 0.410 e. The molecule has 7 nitrogen and oxygen atoms in total. The molecule has 0 bridgehead atoms. The Morgan fingerprint density at radius 3 is 2.84 bits per heavy atom. The number of hydrogen-bond donors (Lipinski definition) is 1. The van der Waals surface area contributed by atoms with Crippen molar-refractivity contribution in [3.8, 4) is 0 Å². The molecule has 2 saturated heterocycles. The Morgan fingerprint density at radius 1 is 1.32 bits per heavy atom. The third kappa shape index (κ3) is 4.37. The van der Waals surface area contributed by atoms with Crippen LogP contribution in [0, 0.1) is 0 Å². The number of aliphatic imine (C=N–C) groups is 1. The molecule has 2 fully saturated rings. The number of fused-ring (bicyclic) bond motifs is 1. The summed E-state index contributed by atoms with van der Waals surface area (Å²) in [6.07, 6.45) is 2.35. The van der Waals surface area contributed by atoms with Crippen LogP contribution in [-0.4, -0.2) is 90.3 Å². The maximum Gasteiger partial charge on any atom is 0.410 e. The van der Waals surface area contributed by atoms with Crippen LogP contribution < -0.4 is 5.32 Å². The molecule has 7 heteroatoms. The van der Waals surface area contributed by atoms with E-state index in [1.165, 1.54) is 19.4 Å². The standard InChI is InChI=1S/C18H33N5O2/c1-5-21-8-6-7-14(21)11-19-16-20-12-15-13-22(9-10-23(15)16)17(24)25-18(2,3)4/h14-15H,5-13H2,1-4H3,(H,19,20). The summed E-state index contributed by atoms with van der Waals surface area (Å²) in [4.78, 5) is 23.7. The van der Waals surface area contributed by atoms with E-state index < -0.39 is 5.60 Å². The molecule has 3 heterocycles. The van der Waals surface area contributed by atoms with E-state index in [0.29, 0.717) is 19.1 Å². The van der Waals surface area contributed by atoms with Crippen molar-refractivity contribution < 1.29 is 9.53 Å². The number of guanidine groups is 1. The second-order valence-corrected chi connectivity index (χ2v) is 8.24. The zero-order valence-electron chi connectivity index (χ0n) is 16.1. The van der Waals surface area contributed by atoms with E-state index in [4.69, 9.17) is 9.73 Å². The molecule has 0 aromatic heterocycles. The van der Waals surface area contributed by atoms with Gasteiger partial charge in [-0.15, -0.1) is 0 Å². The van der Waals surface area contributed by atoms with Gasteiger partial charge in [-0.3, -0.25) is 9.89 Å². The summed E-state index contributed by atoms with van der Waals surface area (Å²) >= 11 is 0. The van der Waals surface area contributed by atoms with Crippen molar-refractivity contribution in [2.75, 3.05) is 45.8 Å². The summed E-state index contributed by atoms with van der Waals surface area (Å²) in [7, 11) is 0. The number of hydrogen-bond acceptors (Lipinski definition) is 6. The molecule has 3 rings (SSSR count). The van der Waals surface area contributed by atoms with Crippen molar-refractivity contribution in [3.63, 3.8) is 0 Å². The summed E-state index contributed by atoms with van der Waals surface area (Å²) in [5, 5.41) is 3.57. The monoisotopic (exact) mass is 351 g/mol. The lowest BCUT2D eigenvalue weighted by atomic mass is 10.2. The fraction of sp³-hybridized carbons (Fsp3) is 0.889. The summed E-state index contributed by atoms with van der Waals surface area (Å²) < 4.78 is 5.50. The van der Waals surface area contributed by atoms with E-state index in [0.717, 1.165) is 32.1 Å². The number of likely N-dealkylation sites (N-methyl/N-ethyl adjacent to an activating group) is 1. The highest BCUT2D eigenvalue weighted by molar-refractivity contribution is 5.82. The third-order valence-corrected chi connectivity index (χ3v) is 5.26. The van der Waals surface area contributed by atoms with Crippen LogP contribution in [0.4, 0.5) is 4.79 Å². The number of likely N-dealkylation sites (tertiary alicyclic amines) is 1. The quantitative estimate of drug-likeness (QED) is 0.832. The van der Waals surface area contributed by atoms with E-state index in [9.17, 15) is 4.79 Å². The van der Waals surface area contributed by atoms with Crippen LogP contribution in [-0.2, 0) is 4.74 Å². The van der Waals surface area contributed by atoms with E-state index in [-0.39, 0.29) is 12.1 Å². The van der Waals surface area contributed by atoms with Gasteiger partial charge < -0.3 is 19.9 Å². The lowest BCUT2D eigenvalue weighted by Gasteiger charge is -2.39. The predicted molar refractivity (Wildman–Crippen MR) is 98.9 cm³/mol. The number of nitrogens with one attached hydrogen (secondary N) is 1. The van der Waals surface area contributed by atoms with Gasteiger partial charge in [-0.05, 0) is 46.7 Å². The van der Waals surface area contributed by atoms with Gasteiger partial charge >= 0.3 is 6.09 Å². The molecule has 0 spiro atoms. The van der Waals surface area contributed by atoms with Gasteiger partial charge in [0, 0.05) is 32.2 Å². The first-order chi connectivity index (χ1) is 11.9. The SMILES string of the molecule is CCN1CCCC1CNC1=NCC2CN(C(=O)OC(C)(C)C)CCN12. The second-order valence-electron chi connectivity index (χ2n) is 8.24. The Kier molecular flexibility index (Phi) is 5.41. The highest BCUT2D eigenvalue weighted by atomic mass is 16.6. The Bertz CT molecular complexity index is 516. The van der Waals surface area contributed by atoms with Gasteiger partial charge in [-0.25, -0.2) is 4.79 Å². The van der Waals surface area contributed by atoms with Crippen LogP contribution in [0.5, 0.6) is 0 Å². The molecular formula is C18H33N5O2. The third-order valence-electron chi connectivity index (χ3n) is 5.26. The second kappa shape index (κ2) is 7.40. The minimum absolute atomic E-state index is 0.210. The fourth-order valence-corrected chi connectivity index (χ4v) is 3.97. The first-order valence-corrected chi connectivity index (χ1v) is 9.64. The molecule has 2 atom stereocenters. The lowest BCUT2D eigenvalue weighted by Crippen LogP contribution is -2.58. The fourth-order valence-electron chi connectivity index (χ4n) is 3.97. The van der Waals surface area contributed by atoms with E-state index >= 15 is 0 Å². The number of carbonyl (C=O) groups is 1. The number of rotatable bonds is 3. The van der Waals surface area contributed by atoms with Gasteiger partial charge in [0.05, 0.1) is 12.6 Å². The maximum atomic E-state index is 12.3. The molecule has 3 aliphatic rings. The Hall–Kier alpha value is -1.50. The molecule has 1 N–H and O–H groups in total. The normalized spacial score (nSPS) is 27.3. The van der Waals surface area contributed by atoms with Crippen molar-refractivity contribution in [1.29, 1.82) is 0 Å². The molecule has 0 aliphatic carbocycles. The minimum atomic E-state index is -0.445. The number of piperazine rings is 1. The van der Waals surface area contributed by atoms with E-state index in [1.807, 2.05) is 25.7 Å². The van der Waals surface area contributed by atoms with Gasteiger partial charge in [0.1, 0.15) is 5.60 Å². The van der Waals surface area contributed by atoms with Crippen LogP contribution >= 0.6 is 0 Å². The molecule has 0 aromatic rings. The molecule has 1 amide bonds. The summed E-state index contributed by atoms with van der Waals surface area (Å²) in [5.74, 6) is 1.01. The van der Waals surface area contributed by atoms with Gasteiger partial charge in [-0.1, -0.05) is 6.92 Å². The maximum absolute atomic E-state index is 12.3. The van der Waals surface area contributed by atoms with Crippen molar-refractivity contribution in [2.24, 2.45) is 4.99 Å². The molecule has 0 saturated carbocycles. The topological polar surface area (TPSA) is 60.4 Å². The molecular weight excluding hydrogens is 318 g/mol. The van der Waals surface area contributed by atoms with Gasteiger partial charge in [0.25, 0.3) is 0 Å². The molecule has 3 aliphatic heterocycles. The van der Waals surface area contributed by atoms with E-state index in [2.05, 4.69) is 22.0 Å². The highest BCUT2D eigenvalue weighted by Crippen LogP contribution is 2.20. The Morgan fingerprint density at radius 2 is 2.12 bits per heavy atom. The van der Waals surface area contributed by atoms with Crippen LogP contribution in [0.2, 0.25) is 0 Å². The average molecular weight is 351 g/mol. The van der Waals surface area contributed by atoms with Gasteiger partial charge in [-0.2, -0.15) is 0 Å². The predicted octanol–water partition coefficient (Wildman–Crippen LogP) is 1.35. The Labute approximate surface area is 151 Å². The number of carbonyl (C=O) groups excluding carboxylic acids is 1. The highest BCUT2D eigenvalue weighted by Gasteiger charge is 2.36. The molecule has 142 valence electrons. The van der Waals surface area contributed by atoms with E-state index in [1.54, 1.807) is 0 Å². The van der Waals surface area contributed by atoms with Crippen LogP contribution in [0.1, 0.15) is 40.5 Å². The minimum Gasteiger partial charge on any atom is -0.444 e. The average Bonchev–Trinajstić information content (AvgIpc) is 3.16. The van der Waals surface area contributed by atoms with Crippen LogP contribution in [0.3, 0.4) is 0 Å². The molecule has 0 aromatic carbocycles. The van der Waals surface area contributed by atoms with Crippen molar-refractivity contribution >= 4 is 12.1 Å². The van der Waals surface area contributed by atoms with Crippen LogP contribution in [0.25, 0.3) is 0 Å².